The largest absolute Gasteiger partial charge is 0.507 e. The molecule has 7 heteroatoms. The quantitative estimate of drug-likeness (QED) is 0.170. The molecule has 0 heterocycles. The lowest BCUT2D eigenvalue weighted by Crippen LogP contribution is -2.02. The van der Waals surface area contributed by atoms with E-state index >= 15 is 0 Å². The van der Waals surface area contributed by atoms with Gasteiger partial charge in [0.05, 0.1) is 38.0 Å². The molecule has 0 saturated carbocycles. The molecule has 38 heavy (non-hydrogen) atoms. The van der Waals surface area contributed by atoms with Gasteiger partial charge in [-0.3, -0.25) is 0 Å². The number of phenols is 1. The van der Waals surface area contributed by atoms with Crippen molar-refractivity contribution in [2.45, 2.75) is 6.42 Å². The summed E-state index contributed by atoms with van der Waals surface area (Å²) in [6, 6.07) is 17.1. The number of benzene rings is 3. The van der Waals surface area contributed by atoms with Crippen molar-refractivity contribution in [3.05, 3.63) is 114 Å². The van der Waals surface area contributed by atoms with Gasteiger partial charge >= 0.3 is 17.9 Å². The molecule has 0 bridgehead atoms. The standard InChI is InChI=1S/C31H28O7/c1-5-7-23(29(33)36-2)9-6-8-20-18-26(21-10-14-24(15-11-21)30(34)37-3)28(32)27(19-20)22-12-16-25(17-13-22)31(35)38-4/h5-7,9-19,32H,1,8H2,2-4H3/b9-6-,23-7+. The Hall–Kier alpha value is -4.91. The van der Waals surface area contributed by atoms with E-state index in [1.54, 1.807) is 60.7 Å². The van der Waals surface area contributed by atoms with Crippen LogP contribution >= 0.6 is 0 Å². The average Bonchev–Trinajstić information content (AvgIpc) is 2.96. The van der Waals surface area contributed by atoms with Gasteiger partial charge in [-0.2, -0.15) is 0 Å². The molecule has 3 aromatic carbocycles. The summed E-state index contributed by atoms with van der Waals surface area (Å²) in [5, 5.41) is 11.3. The molecule has 0 radical (unpaired) electrons. The summed E-state index contributed by atoms with van der Waals surface area (Å²) in [7, 11) is 3.93. The SMILES string of the molecule is C=C/C=C(\C=C/Cc1cc(-c2ccc(C(=O)OC)cc2)c(O)c(-c2ccc(C(=O)OC)cc2)c1)C(=O)OC. The third-order valence-corrected chi connectivity index (χ3v) is 5.77. The van der Waals surface area contributed by atoms with Gasteiger partial charge in [-0.25, -0.2) is 14.4 Å². The second-order valence-corrected chi connectivity index (χ2v) is 8.13. The number of ether oxygens (including phenoxy) is 3. The fraction of sp³-hybridized carbons (Fsp3) is 0.129. The minimum Gasteiger partial charge on any atom is -0.507 e. The van der Waals surface area contributed by atoms with Crippen molar-refractivity contribution in [3.8, 4) is 28.0 Å². The monoisotopic (exact) mass is 512 g/mol. The van der Waals surface area contributed by atoms with Gasteiger partial charge in [-0.05, 0) is 65.6 Å². The predicted molar refractivity (Wildman–Crippen MR) is 145 cm³/mol. The van der Waals surface area contributed by atoms with Crippen LogP contribution in [0.2, 0.25) is 0 Å². The number of carbonyl (C=O) groups is 3. The molecular formula is C31H28O7. The summed E-state index contributed by atoms with van der Waals surface area (Å²) >= 11 is 0. The maximum absolute atomic E-state index is 12.0. The van der Waals surface area contributed by atoms with E-state index in [2.05, 4.69) is 6.58 Å². The molecule has 0 spiro atoms. The van der Waals surface area contributed by atoms with E-state index in [1.165, 1.54) is 27.4 Å². The molecule has 0 unspecified atom stereocenters. The van der Waals surface area contributed by atoms with E-state index in [1.807, 2.05) is 18.2 Å². The van der Waals surface area contributed by atoms with Crippen LogP contribution in [0.3, 0.4) is 0 Å². The Morgan fingerprint density at radius 1 is 0.789 bits per heavy atom. The zero-order chi connectivity index (χ0) is 27.7. The Labute approximate surface area is 221 Å². The number of hydrogen-bond donors (Lipinski definition) is 1. The molecule has 0 fully saturated rings. The van der Waals surface area contributed by atoms with Gasteiger partial charge < -0.3 is 19.3 Å². The van der Waals surface area contributed by atoms with E-state index in [4.69, 9.17) is 14.2 Å². The molecule has 0 amide bonds. The molecule has 7 nitrogen and oxygen atoms in total. The van der Waals surface area contributed by atoms with Crippen molar-refractivity contribution in [1.82, 2.24) is 0 Å². The third kappa shape index (κ3) is 6.44. The van der Waals surface area contributed by atoms with E-state index in [9.17, 15) is 19.5 Å². The molecule has 3 rings (SSSR count). The molecule has 0 atom stereocenters. The smallest absolute Gasteiger partial charge is 0.337 e. The Kier molecular flexibility index (Phi) is 9.37. The molecule has 3 aromatic rings. The molecule has 1 N–H and O–H groups in total. The van der Waals surface area contributed by atoms with Gasteiger partial charge in [-0.15, -0.1) is 0 Å². The van der Waals surface area contributed by atoms with Crippen LogP contribution in [0.15, 0.2) is 97.1 Å². The lowest BCUT2D eigenvalue weighted by Gasteiger charge is -2.14. The Morgan fingerprint density at radius 3 is 1.66 bits per heavy atom. The average molecular weight is 513 g/mol. The first-order chi connectivity index (χ1) is 18.3. The summed E-state index contributed by atoms with van der Waals surface area (Å²) in [6.45, 7) is 3.62. The van der Waals surface area contributed by atoms with Gasteiger partial charge in [0.1, 0.15) is 5.75 Å². The highest BCUT2D eigenvalue weighted by molar-refractivity contribution is 5.93. The van der Waals surface area contributed by atoms with Gasteiger partial charge in [0, 0.05) is 11.1 Å². The maximum Gasteiger partial charge on any atom is 0.337 e. The number of methoxy groups -OCH3 is 3. The van der Waals surface area contributed by atoms with Crippen molar-refractivity contribution in [1.29, 1.82) is 0 Å². The lowest BCUT2D eigenvalue weighted by atomic mass is 9.92. The minimum atomic E-state index is -0.482. The summed E-state index contributed by atoms with van der Waals surface area (Å²) < 4.78 is 14.3. The first kappa shape index (κ1) is 27.7. The lowest BCUT2D eigenvalue weighted by molar-refractivity contribution is -0.135. The molecule has 0 aliphatic rings. The van der Waals surface area contributed by atoms with Crippen LogP contribution in [0, 0.1) is 0 Å². The topological polar surface area (TPSA) is 99.1 Å². The Morgan fingerprint density at radius 2 is 1.26 bits per heavy atom. The van der Waals surface area contributed by atoms with Crippen LogP contribution < -0.4 is 0 Å². The molecule has 194 valence electrons. The number of rotatable bonds is 9. The zero-order valence-corrected chi connectivity index (χ0v) is 21.4. The predicted octanol–water partition coefficient (Wildman–Crippen LogP) is 5.68. The van der Waals surface area contributed by atoms with Crippen molar-refractivity contribution in [2.75, 3.05) is 21.3 Å². The number of phenolic OH excluding ortho intramolecular Hbond substituents is 1. The van der Waals surface area contributed by atoms with Crippen LogP contribution in [0.25, 0.3) is 22.3 Å². The van der Waals surface area contributed by atoms with Crippen LogP contribution in [0.4, 0.5) is 0 Å². The van der Waals surface area contributed by atoms with Crippen LogP contribution in [0.1, 0.15) is 26.3 Å². The van der Waals surface area contributed by atoms with Gasteiger partial charge in [-0.1, -0.05) is 49.1 Å². The van der Waals surface area contributed by atoms with Crippen molar-refractivity contribution in [3.63, 3.8) is 0 Å². The summed E-state index contributed by atoms with van der Waals surface area (Å²) in [6.07, 6.45) is 6.96. The third-order valence-electron chi connectivity index (χ3n) is 5.77. The van der Waals surface area contributed by atoms with E-state index in [0.717, 1.165) is 5.56 Å². The molecule has 0 aliphatic heterocycles. The second kappa shape index (κ2) is 12.9. The molecule has 0 saturated heterocycles. The van der Waals surface area contributed by atoms with E-state index in [-0.39, 0.29) is 5.75 Å². The van der Waals surface area contributed by atoms with E-state index < -0.39 is 17.9 Å². The second-order valence-electron chi connectivity index (χ2n) is 8.13. The molecule has 0 aromatic heterocycles. The summed E-state index contributed by atoms with van der Waals surface area (Å²) in [5.41, 5.74) is 4.45. The first-order valence-corrected chi connectivity index (χ1v) is 11.6. The maximum atomic E-state index is 12.0. The number of carbonyl (C=O) groups excluding carboxylic acids is 3. The first-order valence-electron chi connectivity index (χ1n) is 11.6. The highest BCUT2D eigenvalue weighted by Crippen LogP contribution is 2.40. The highest BCUT2D eigenvalue weighted by Gasteiger charge is 2.15. The van der Waals surface area contributed by atoms with E-state index in [0.29, 0.717) is 45.4 Å². The van der Waals surface area contributed by atoms with Gasteiger partial charge in [0.25, 0.3) is 0 Å². The number of esters is 3. The van der Waals surface area contributed by atoms with Crippen molar-refractivity contribution >= 4 is 17.9 Å². The minimum absolute atomic E-state index is 0.0381. The van der Waals surface area contributed by atoms with Gasteiger partial charge in [0.15, 0.2) is 0 Å². The Bertz CT molecular complexity index is 1310. The van der Waals surface area contributed by atoms with Crippen LogP contribution in [0.5, 0.6) is 5.75 Å². The summed E-state index contributed by atoms with van der Waals surface area (Å²) in [4.78, 5) is 35.7. The van der Waals surface area contributed by atoms with Crippen LogP contribution in [-0.2, 0) is 25.4 Å². The van der Waals surface area contributed by atoms with Gasteiger partial charge in [0.2, 0.25) is 0 Å². The van der Waals surface area contributed by atoms with Crippen LogP contribution in [-0.4, -0.2) is 44.3 Å². The number of aromatic hydroxyl groups is 1. The number of allylic oxidation sites excluding steroid dienone is 3. The normalized spacial score (nSPS) is 11.2. The number of hydrogen-bond acceptors (Lipinski definition) is 7. The van der Waals surface area contributed by atoms with Crippen molar-refractivity contribution in [2.24, 2.45) is 0 Å². The molecule has 0 aliphatic carbocycles. The molecular weight excluding hydrogens is 484 g/mol. The fourth-order valence-electron chi connectivity index (χ4n) is 3.82. The zero-order valence-electron chi connectivity index (χ0n) is 21.4. The fourth-order valence-corrected chi connectivity index (χ4v) is 3.82. The van der Waals surface area contributed by atoms with Crippen molar-refractivity contribution < 1.29 is 33.7 Å². The highest BCUT2D eigenvalue weighted by atomic mass is 16.5. The summed E-state index contributed by atoms with van der Waals surface area (Å²) in [5.74, 6) is -1.36. The Balaban J connectivity index is 2.08.